The van der Waals surface area contributed by atoms with E-state index in [1.54, 1.807) is 14.0 Å². The molecule has 30 heavy (non-hydrogen) atoms. The Balaban J connectivity index is 0.00000450. The van der Waals surface area contributed by atoms with Crippen LogP contribution < -0.4 is 20.1 Å². The maximum atomic E-state index is 13.6. The molecule has 0 aromatic heterocycles. The van der Waals surface area contributed by atoms with Gasteiger partial charge in [0.05, 0.1) is 25.1 Å². The second-order valence-electron chi connectivity index (χ2n) is 6.35. The van der Waals surface area contributed by atoms with E-state index in [9.17, 15) is 12.8 Å². The van der Waals surface area contributed by atoms with E-state index in [0.717, 1.165) is 11.3 Å². The number of halogens is 2. The first-order valence-corrected chi connectivity index (χ1v) is 10.9. The van der Waals surface area contributed by atoms with Crippen LogP contribution in [0.25, 0.3) is 0 Å². The molecule has 0 aliphatic carbocycles. The monoisotopic (exact) mass is 550 g/mol. The van der Waals surface area contributed by atoms with Crippen molar-refractivity contribution in [2.75, 3.05) is 30.7 Å². The molecule has 7 nitrogen and oxygen atoms in total. The Morgan fingerprint density at radius 1 is 1.13 bits per heavy atom. The summed E-state index contributed by atoms with van der Waals surface area (Å²) in [6.07, 6.45) is 0. The molecule has 0 aliphatic rings. The first-order chi connectivity index (χ1) is 13.8. The second kappa shape index (κ2) is 12.6. The number of sulfonamides is 1. The van der Waals surface area contributed by atoms with Gasteiger partial charge in [-0.25, -0.2) is 17.8 Å². The molecule has 3 N–H and O–H groups in total. The van der Waals surface area contributed by atoms with Crippen LogP contribution in [-0.2, 0) is 16.6 Å². The highest BCUT2D eigenvalue weighted by atomic mass is 127. The quantitative estimate of drug-likeness (QED) is 0.253. The number of aliphatic imine (C=N–C) groups is 1. The third kappa shape index (κ3) is 8.74. The van der Waals surface area contributed by atoms with Gasteiger partial charge in [-0.2, -0.15) is 0 Å². The zero-order valence-electron chi connectivity index (χ0n) is 17.2. The summed E-state index contributed by atoms with van der Waals surface area (Å²) in [6, 6.07) is 11.8. The number of aryl methyl sites for hydroxylation is 1. The van der Waals surface area contributed by atoms with Crippen molar-refractivity contribution in [1.82, 2.24) is 10.6 Å². The summed E-state index contributed by atoms with van der Waals surface area (Å²) in [4.78, 5) is 4.45. The van der Waals surface area contributed by atoms with Crippen LogP contribution in [0.1, 0.15) is 18.1 Å². The number of hydrogen-bond donors (Lipinski definition) is 3. The number of ether oxygens (including phenoxy) is 1. The van der Waals surface area contributed by atoms with E-state index < -0.39 is 15.8 Å². The number of methoxy groups -OCH3 is 1. The minimum atomic E-state index is -3.63. The van der Waals surface area contributed by atoms with Crippen LogP contribution in [0.4, 0.5) is 10.1 Å². The molecule has 0 atom stereocenters. The Morgan fingerprint density at radius 3 is 2.43 bits per heavy atom. The molecule has 0 saturated carbocycles. The fourth-order valence-electron chi connectivity index (χ4n) is 2.43. The third-order valence-corrected chi connectivity index (χ3v) is 5.32. The minimum absolute atomic E-state index is 0. The molecule has 10 heteroatoms. The molecule has 0 heterocycles. The Bertz CT molecular complexity index is 938. The van der Waals surface area contributed by atoms with Crippen molar-refractivity contribution >= 4 is 45.6 Å². The number of benzene rings is 2. The molecule has 0 aliphatic heterocycles. The van der Waals surface area contributed by atoms with Crippen molar-refractivity contribution in [2.24, 2.45) is 4.99 Å². The smallest absolute Gasteiger partial charge is 0.234 e. The summed E-state index contributed by atoms with van der Waals surface area (Å²) in [6.45, 7) is 4.77. The highest BCUT2D eigenvalue weighted by Gasteiger charge is 2.12. The van der Waals surface area contributed by atoms with Gasteiger partial charge in [-0.05, 0) is 49.2 Å². The summed E-state index contributed by atoms with van der Waals surface area (Å²) in [5.74, 6) is 0.646. The van der Waals surface area contributed by atoms with Crippen molar-refractivity contribution in [3.63, 3.8) is 0 Å². The van der Waals surface area contributed by atoms with Crippen LogP contribution in [0.3, 0.4) is 0 Å². The summed E-state index contributed by atoms with van der Waals surface area (Å²) in [5, 5.41) is 6.07. The lowest BCUT2D eigenvalue weighted by Crippen LogP contribution is -2.40. The number of nitrogens with one attached hydrogen (secondary N) is 3. The average Bonchev–Trinajstić information content (AvgIpc) is 2.69. The highest BCUT2D eigenvalue weighted by Crippen LogP contribution is 2.15. The Morgan fingerprint density at radius 2 is 1.83 bits per heavy atom. The van der Waals surface area contributed by atoms with E-state index in [2.05, 4.69) is 20.3 Å². The number of guanidine groups is 1. The van der Waals surface area contributed by atoms with Gasteiger partial charge >= 0.3 is 0 Å². The Labute approximate surface area is 194 Å². The lowest BCUT2D eigenvalue weighted by molar-refractivity contribution is 0.414. The normalized spacial score (nSPS) is 11.4. The van der Waals surface area contributed by atoms with Crippen LogP contribution in [0.15, 0.2) is 47.5 Å². The summed E-state index contributed by atoms with van der Waals surface area (Å²) >= 11 is 0. The molecule has 0 saturated heterocycles. The number of rotatable bonds is 9. The first kappa shape index (κ1) is 26.0. The average molecular weight is 550 g/mol. The van der Waals surface area contributed by atoms with Gasteiger partial charge in [-0.1, -0.05) is 18.2 Å². The molecule has 2 aromatic carbocycles. The first-order valence-electron chi connectivity index (χ1n) is 9.24. The van der Waals surface area contributed by atoms with Crippen molar-refractivity contribution in [3.8, 4) is 5.75 Å². The fourth-order valence-corrected chi connectivity index (χ4v) is 3.39. The summed E-state index contributed by atoms with van der Waals surface area (Å²) < 4.78 is 45.6. The van der Waals surface area contributed by atoms with Crippen LogP contribution in [-0.4, -0.2) is 40.3 Å². The molecule has 2 rings (SSSR count). The van der Waals surface area contributed by atoms with Crippen LogP contribution in [0.2, 0.25) is 0 Å². The van der Waals surface area contributed by atoms with Crippen molar-refractivity contribution in [2.45, 2.75) is 20.4 Å². The third-order valence-electron chi connectivity index (χ3n) is 4.03. The maximum absolute atomic E-state index is 13.6. The SMILES string of the molecule is CCNC(=NCc1ccc(OC)cc1)NCCS(=O)(=O)Nc1ccc(C)c(F)c1.I. The van der Waals surface area contributed by atoms with E-state index in [1.807, 2.05) is 31.2 Å². The van der Waals surface area contributed by atoms with Gasteiger partial charge in [0.2, 0.25) is 10.0 Å². The van der Waals surface area contributed by atoms with Gasteiger partial charge in [0.15, 0.2) is 5.96 Å². The largest absolute Gasteiger partial charge is 0.497 e. The maximum Gasteiger partial charge on any atom is 0.234 e. The van der Waals surface area contributed by atoms with Crippen molar-refractivity contribution < 1.29 is 17.5 Å². The van der Waals surface area contributed by atoms with Crippen LogP contribution in [0.5, 0.6) is 5.75 Å². The molecule has 2 aromatic rings. The van der Waals surface area contributed by atoms with Gasteiger partial charge < -0.3 is 15.4 Å². The molecule has 0 fully saturated rings. The molecule has 0 bridgehead atoms. The molecular formula is C20H28FIN4O3S. The molecule has 0 unspecified atom stereocenters. The molecule has 0 amide bonds. The zero-order chi connectivity index (χ0) is 21.3. The lowest BCUT2D eigenvalue weighted by Gasteiger charge is -2.13. The summed E-state index contributed by atoms with van der Waals surface area (Å²) in [7, 11) is -2.02. The molecular weight excluding hydrogens is 522 g/mol. The lowest BCUT2D eigenvalue weighted by atomic mass is 10.2. The fraction of sp³-hybridized carbons (Fsp3) is 0.350. The predicted molar refractivity (Wildman–Crippen MR) is 130 cm³/mol. The van der Waals surface area contributed by atoms with E-state index >= 15 is 0 Å². The van der Waals surface area contributed by atoms with Gasteiger partial charge in [0.1, 0.15) is 11.6 Å². The predicted octanol–water partition coefficient (Wildman–Crippen LogP) is 3.26. The topological polar surface area (TPSA) is 91.8 Å². The van der Waals surface area contributed by atoms with Gasteiger partial charge in [-0.3, -0.25) is 4.72 Å². The Hall–Kier alpha value is -2.08. The van der Waals surface area contributed by atoms with E-state index in [0.29, 0.717) is 24.6 Å². The molecule has 0 radical (unpaired) electrons. The van der Waals surface area contributed by atoms with Crippen molar-refractivity contribution in [1.29, 1.82) is 0 Å². The van der Waals surface area contributed by atoms with Gasteiger partial charge in [0.25, 0.3) is 0 Å². The van der Waals surface area contributed by atoms with Gasteiger partial charge in [-0.15, -0.1) is 24.0 Å². The highest BCUT2D eigenvalue weighted by molar-refractivity contribution is 14.0. The molecule has 0 spiro atoms. The van der Waals surface area contributed by atoms with E-state index in [-0.39, 0.29) is 42.0 Å². The van der Waals surface area contributed by atoms with Gasteiger partial charge in [0, 0.05) is 13.1 Å². The van der Waals surface area contributed by atoms with E-state index in [4.69, 9.17) is 4.74 Å². The van der Waals surface area contributed by atoms with Crippen LogP contribution in [0, 0.1) is 12.7 Å². The van der Waals surface area contributed by atoms with Crippen molar-refractivity contribution in [3.05, 3.63) is 59.4 Å². The number of hydrogen-bond acceptors (Lipinski definition) is 4. The second-order valence-corrected chi connectivity index (χ2v) is 8.20. The van der Waals surface area contributed by atoms with E-state index in [1.165, 1.54) is 18.2 Å². The number of nitrogens with zero attached hydrogens (tertiary/aromatic N) is 1. The molecule has 166 valence electrons. The number of anilines is 1. The Kier molecular flexibility index (Phi) is 10.9. The minimum Gasteiger partial charge on any atom is -0.497 e. The van der Waals surface area contributed by atoms with Crippen LogP contribution >= 0.6 is 24.0 Å². The standard InChI is InChI=1S/C20H27FN4O3S.HI/c1-4-22-20(24-14-16-6-9-18(28-3)10-7-16)23-11-12-29(26,27)25-17-8-5-15(2)19(21)13-17;/h5-10,13,25H,4,11-12,14H2,1-3H3,(H2,22,23,24);1H. The summed E-state index contributed by atoms with van der Waals surface area (Å²) in [5.41, 5.74) is 1.66. The zero-order valence-corrected chi connectivity index (χ0v) is 20.4.